The van der Waals surface area contributed by atoms with Gasteiger partial charge in [0.05, 0.1) is 0 Å². The van der Waals surface area contributed by atoms with Crippen LogP contribution in [0.15, 0.2) is 47.4 Å². The predicted octanol–water partition coefficient (Wildman–Crippen LogP) is 0.926. The van der Waals surface area contributed by atoms with E-state index in [0.717, 1.165) is 43.7 Å². The van der Waals surface area contributed by atoms with E-state index in [2.05, 4.69) is 6.92 Å². The third-order valence-corrected chi connectivity index (χ3v) is 4.61. The summed E-state index contributed by atoms with van der Waals surface area (Å²) in [5, 5.41) is 11.8. The van der Waals surface area contributed by atoms with Crippen molar-refractivity contribution < 1.29 is 52.4 Å². The second-order valence-corrected chi connectivity index (χ2v) is 6.94. The van der Waals surface area contributed by atoms with Gasteiger partial charge < -0.3 is 9.84 Å². The number of unbranched alkanes of at least 4 members (excludes halogenated alkanes) is 3. The molecule has 0 fully saturated rings. The Morgan fingerprint density at radius 2 is 1.68 bits per heavy atom. The summed E-state index contributed by atoms with van der Waals surface area (Å²) in [6.45, 7) is 2.14. The van der Waals surface area contributed by atoms with Gasteiger partial charge in [-0.05, 0) is 30.5 Å². The van der Waals surface area contributed by atoms with Gasteiger partial charge in [0, 0.05) is 0 Å². The maximum absolute atomic E-state index is 11.8. The van der Waals surface area contributed by atoms with E-state index >= 15 is 0 Å². The Balaban J connectivity index is 0.00000312. The van der Waals surface area contributed by atoms with Crippen molar-refractivity contribution in [1.29, 1.82) is 0 Å². The van der Waals surface area contributed by atoms with Gasteiger partial charge in [-0.3, -0.25) is 4.55 Å². The molecule has 0 unspecified atom stereocenters. The van der Waals surface area contributed by atoms with Crippen LogP contribution in [0.4, 0.5) is 0 Å². The average molecular weight is 372 g/mol. The molecule has 0 amide bonds. The fourth-order valence-corrected chi connectivity index (χ4v) is 3.19. The Morgan fingerprint density at radius 1 is 1.00 bits per heavy atom. The van der Waals surface area contributed by atoms with Crippen LogP contribution >= 0.6 is 0 Å². The first-order valence-corrected chi connectivity index (χ1v) is 9.40. The van der Waals surface area contributed by atoms with Crippen molar-refractivity contribution in [3.8, 4) is 17.2 Å². The van der Waals surface area contributed by atoms with Crippen molar-refractivity contribution in [1.82, 2.24) is 0 Å². The van der Waals surface area contributed by atoms with E-state index in [0.29, 0.717) is 5.75 Å². The fraction of sp³-hybridized carbons (Fsp3) is 0.333. The molecule has 0 saturated heterocycles. The van der Waals surface area contributed by atoms with Gasteiger partial charge in [0.2, 0.25) is 0 Å². The van der Waals surface area contributed by atoms with E-state index in [1.165, 1.54) is 12.1 Å². The predicted molar refractivity (Wildman–Crippen MR) is 90.1 cm³/mol. The number of para-hydroxylation sites is 1. The summed E-state index contributed by atoms with van der Waals surface area (Å²) >= 11 is 0. The van der Waals surface area contributed by atoms with E-state index in [-0.39, 0.29) is 35.3 Å². The summed E-state index contributed by atoms with van der Waals surface area (Å²) in [5.74, 6) is -0.467. The molecule has 1 N–H and O–H groups in total. The zero-order chi connectivity index (χ0) is 17.6. The van der Waals surface area contributed by atoms with Gasteiger partial charge in [-0.1, -0.05) is 62.3 Å². The Hall–Kier alpha value is -1.05. The molecule has 0 spiro atoms. The Bertz CT molecular complexity index is 790. The van der Waals surface area contributed by atoms with Crippen LogP contribution in [0.3, 0.4) is 0 Å². The first-order valence-electron chi connectivity index (χ1n) is 7.96. The van der Waals surface area contributed by atoms with E-state index in [9.17, 15) is 18.1 Å². The van der Waals surface area contributed by atoms with E-state index in [1.54, 1.807) is 12.1 Å². The second kappa shape index (κ2) is 10.2. The standard InChI is InChI=1S/C18H22O5S.Na/c1-2-3-4-5-9-14-10-6-7-12-16(14)23-17-13-8-11-15(19)18(17)24(20,21)22;/h6-8,10-13,19H,2-5,9H2,1H3,(H,20,21,22);/q;+1/p-1. The minimum atomic E-state index is -4.66. The summed E-state index contributed by atoms with van der Waals surface area (Å²) in [6.07, 6.45) is 5.22. The molecule has 0 bridgehead atoms. The molecule has 2 aromatic carbocycles. The molecule has 0 radical (unpaired) electrons. The minimum Gasteiger partial charge on any atom is -0.871 e. The van der Waals surface area contributed by atoms with Gasteiger partial charge in [0.1, 0.15) is 16.4 Å². The molecule has 0 aromatic heterocycles. The maximum Gasteiger partial charge on any atom is 1.00 e. The number of hydrogen-bond acceptors (Lipinski definition) is 4. The summed E-state index contributed by atoms with van der Waals surface area (Å²) in [5.41, 5.74) is 0.936. The Labute approximate surface area is 171 Å². The van der Waals surface area contributed by atoms with Crippen molar-refractivity contribution in [2.75, 3.05) is 0 Å². The third-order valence-electron chi connectivity index (χ3n) is 3.69. The van der Waals surface area contributed by atoms with Crippen LogP contribution in [0.2, 0.25) is 0 Å². The van der Waals surface area contributed by atoms with Crippen LogP contribution in [0.5, 0.6) is 17.2 Å². The molecule has 0 aliphatic heterocycles. The van der Waals surface area contributed by atoms with E-state index in [1.807, 2.05) is 12.1 Å². The molecular formula is C18H21NaO5S. The Morgan fingerprint density at radius 3 is 2.36 bits per heavy atom. The first kappa shape index (κ1) is 22.0. The Kier molecular flexibility index (Phi) is 8.96. The van der Waals surface area contributed by atoms with Crippen LogP contribution in [0, 0.1) is 0 Å². The van der Waals surface area contributed by atoms with Crippen LogP contribution < -0.4 is 39.4 Å². The summed E-state index contributed by atoms with van der Waals surface area (Å²) in [7, 11) is -4.66. The van der Waals surface area contributed by atoms with E-state index < -0.39 is 20.8 Å². The van der Waals surface area contributed by atoms with Gasteiger partial charge in [-0.15, -0.1) is 0 Å². The number of ether oxygens (including phenoxy) is 1. The van der Waals surface area contributed by atoms with Crippen LogP contribution in [-0.2, 0) is 16.5 Å². The van der Waals surface area contributed by atoms with Crippen LogP contribution in [0.1, 0.15) is 38.2 Å². The van der Waals surface area contributed by atoms with Crippen LogP contribution in [0.25, 0.3) is 0 Å². The molecule has 0 aliphatic carbocycles. The monoisotopic (exact) mass is 372 g/mol. The van der Waals surface area contributed by atoms with Crippen molar-refractivity contribution >= 4 is 10.1 Å². The average Bonchev–Trinajstić information content (AvgIpc) is 2.52. The fourth-order valence-electron chi connectivity index (χ4n) is 2.50. The molecule has 25 heavy (non-hydrogen) atoms. The number of benzene rings is 2. The summed E-state index contributed by atoms with van der Waals surface area (Å²) < 4.78 is 37.9. The molecular weight excluding hydrogens is 351 g/mol. The molecule has 0 heterocycles. The van der Waals surface area contributed by atoms with Gasteiger partial charge >= 0.3 is 29.6 Å². The zero-order valence-corrected chi connectivity index (χ0v) is 17.4. The van der Waals surface area contributed by atoms with Crippen molar-refractivity contribution in [2.45, 2.75) is 43.9 Å². The first-order chi connectivity index (χ1) is 11.4. The number of rotatable bonds is 8. The smallest absolute Gasteiger partial charge is 0.871 e. The number of hydrogen-bond donors (Lipinski definition) is 1. The van der Waals surface area contributed by atoms with Crippen LogP contribution in [-0.4, -0.2) is 13.0 Å². The second-order valence-electron chi connectivity index (χ2n) is 5.58. The SMILES string of the molecule is CCCCCCc1ccccc1Oc1cccc([O-])c1S(=O)(=O)O.[Na+]. The van der Waals surface area contributed by atoms with Gasteiger partial charge in [0.25, 0.3) is 10.1 Å². The summed E-state index contributed by atoms with van der Waals surface area (Å²) in [4.78, 5) is -0.731. The summed E-state index contributed by atoms with van der Waals surface area (Å²) in [6, 6.07) is 11.1. The molecule has 0 aliphatic rings. The molecule has 7 heteroatoms. The molecule has 0 saturated carbocycles. The third kappa shape index (κ3) is 6.31. The molecule has 2 aromatic rings. The molecule has 0 atom stereocenters. The van der Waals surface area contributed by atoms with Crippen molar-refractivity contribution in [3.05, 3.63) is 48.0 Å². The topological polar surface area (TPSA) is 86.7 Å². The molecule has 5 nitrogen and oxygen atoms in total. The minimum absolute atomic E-state index is 0. The molecule has 2 rings (SSSR count). The van der Waals surface area contributed by atoms with Crippen molar-refractivity contribution in [3.63, 3.8) is 0 Å². The normalized spacial score (nSPS) is 11.0. The van der Waals surface area contributed by atoms with Gasteiger partial charge in [0.15, 0.2) is 0 Å². The van der Waals surface area contributed by atoms with Crippen molar-refractivity contribution in [2.24, 2.45) is 0 Å². The molecule has 130 valence electrons. The largest absolute Gasteiger partial charge is 1.00 e. The number of aryl methyl sites for hydroxylation is 1. The zero-order valence-electron chi connectivity index (χ0n) is 14.6. The van der Waals surface area contributed by atoms with Gasteiger partial charge in [-0.2, -0.15) is 8.42 Å². The van der Waals surface area contributed by atoms with Gasteiger partial charge in [-0.25, -0.2) is 0 Å². The maximum atomic E-state index is 11.8. The van der Waals surface area contributed by atoms with E-state index in [4.69, 9.17) is 4.74 Å². The quantitative estimate of drug-likeness (QED) is 0.423.